The third-order valence-corrected chi connectivity index (χ3v) is 5.09. The molecule has 0 radical (unpaired) electrons. The Morgan fingerprint density at radius 3 is 2.48 bits per heavy atom. The highest BCUT2D eigenvalue weighted by molar-refractivity contribution is 6.30. The molecule has 0 fully saturated rings. The molecule has 0 saturated carbocycles. The van der Waals surface area contributed by atoms with E-state index in [2.05, 4.69) is 5.32 Å². The highest BCUT2D eigenvalue weighted by Crippen LogP contribution is 2.23. The van der Waals surface area contributed by atoms with E-state index in [-0.39, 0.29) is 31.0 Å². The Balaban J connectivity index is 1.72. The van der Waals surface area contributed by atoms with Crippen LogP contribution >= 0.6 is 11.6 Å². The molecule has 3 aromatic rings. The Morgan fingerprint density at radius 2 is 1.82 bits per heavy atom. The molecule has 2 N–H and O–H groups in total. The van der Waals surface area contributed by atoms with E-state index in [9.17, 15) is 14.4 Å². The van der Waals surface area contributed by atoms with Crippen molar-refractivity contribution in [1.29, 1.82) is 0 Å². The molecule has 3 rings (SSSR count). The van der Waals surface area contributed by atoms with Crippen molar-refractivity contribution in [2.75, 3.05) is 6.61 Å². The molecule has 1 unspecified atom stereocenters. The fraction of sp³-hybridized carbons (Fsp3) is 0.240. The van der Waals surface area contributed by atoms with Gasteiger partial charge in [-0.05, 0) is 54.3 Å². The zero-order valence-electron chi connectivity index (χ0n) is 18.0. The van der Waals surface area contributed by atoms with E-state index in [1.54, 1.807) is 6.92 Å². The van der Waals surface area contributed by atoms with Gasteiger partial charge in [0.2, 0.25) is 0 Å². The lowest BCUT2D eigenvalue weighted by atomic mass is 9.99. The van der Waals surface area contributed by atoms with E-state index >= 15 is 0 Å². The molecule has 8 heteroatoms. The summed E-state index contributed by atoms with van der Waals surface area (Å²) >= 11 is 6.07. The lowest BCUT2D eigenvalue weighted by Crippen LogP contribution is -2.38. The first-order valence-corrected chi connectivity index (χ1v) is 10.8. The molecule has 0 saturated heterocycles. The SMILES string of the molecule is CCOC(=O)CC(Cc1ccc(-c2cccc(Cl)c2)cc1)NC(=O)c1ccc(CC(=O)O)o1. The Morgan fingerprint density at radius 1 is 1.06 bits per heavy atom. The van der Waals surface area contributed by atoms with E-state index in [4.69, 9.17) is 25.9 Å². The zero-order chi connectivity index (χ0) is 23.8. The number of hydrogen-bond acceptors (Lipinski definition) is 5. The van der Waals surface area contributed by atoms with Gasteiger partial charge in [-0.25, -0.2) is 0 Å². The summed E-state index contributed by atoms with van der Waals surface area (Å²) in [6.07, 6.45) is 0.0555. The summed E-state index contributed by atoms with van der Waals surface area (Å²) in [5.41, 5.74) is 2.90. The van der Waals surface area contributed by atoms with Crippen molar-refractivity contribution in [2.45, 2.75) is 32.2 Å². The number of nitrogens with one attached hydrogen (secondary N) is 1. The lowest BCUT2D eigenvalue weighted by molar-refractivity contribution is -0.143. The quantitative estimate of drug-likeness (QED) is 0.423. The van der Waals surface area contributed by atoms with Crippen LogP contribution in [-0.2, 0) is 27.2 Å². The molecular weight excluding hydrogens is 446 g/mol. The molecule has 0 aliphatic heterocycles. The Hall–Kier alpha value is -3.58. The molecule has 172 valence electrons. The number of aliphatic carboxylic acids is 1. The molecule has 0 bridgehead atoms. The van der Waals surface area contributed by atoms with Crippen molar-refractivity contribution in [3.63, 3.8) is 0 Å². The molecular formula is C25H24ClNO6. The van der Waals surface area contributed by atoms with Crippen LogP contribution in [0.25, 0.3) is 11.1 Å². The first kappa shape index (κ1) is 24.1. The van der Waals surface area contributed by atoms with Gasteiger partial charge in [0.25, 0.3) is 5.91 Å². The van der Waals surface area contributed by atoms with Gasteiger partial charge in [0, 0.05) is 11.1 Å². The number of rotatable bonds is 10. The predicted octanol–water partition coefficient (Wildman–Crippen LogP) is 4.52. The highest BCUT2D eigenvalue weighted by atomic mass is 35.5. The van der Waals surface area contributed by atoms with Crippen molar-refractivity contribution in [3.05, 3.63) is 82.8 Å². The minimum Gasteiger partial charge on any atom is -0.481 e. The van der Waals surface area contributed by atoms with Crippen LogP contribution < -0.4 is 5.32 Å². The van der Waals surface area contributed by atoms with E-state index in [0.29, 0.717) is 11.4 Å². The summed E-state index contributed by atoms with van der Waals surface area (Å²) in [6.45, 7) is 1.96. The van der Waals surface area contributed by atoms with Crippen LogP contribution in [0.3, 0.4) is 0 Å². The molecule has 1 aromatic heterocycles. The topological polar surface area (TPSA) is 106 Å². The van der Waals surface area contributed by atoms with Crippen LogP contribution in [0, 0.1) is 0 Å². The van der Waals surface area contributed by atoms with Crippen molar-refractivity contribution >= 4 is 29.4 Å². The van der Waals surface area contributed by atoms with Gasteiger partial charge in [-0.1, -0.05) is 48.0 Å². The fourth-order valence-corrected chi connectivity index (χ4v) is 3.57. The van der Waals surface area contributed by atoms with E-state index in [1.165, 1.54) is 12.1 Å². The number of carbonyl (C=O) groups excluding carboxylic acids is 2. The second-order valence-corrected chi connectivity index (χ2v) is 7.86. The number of esters is 1. The molecule has 1 amide bonds. The maximum atomic E-state index is 12.6. The van der Waals surface area contributed by atoms with Gasteiger partial charge in [0.15, 0.2) is 5.76 Å². The Kier molecular flexibility index (Phi) is 8.27. The van der Waals surface area contributed by atoms with Crippen LogP contribution in [0.4, 0.5) is 0 Å². The molecule has 7 nitrogen and oxygen atoms in total. The van der Waals surface area contributed by atoms with Gasteiger partial charge in [0.1, 0.15) is 12.2 Å². The fourth-order valence-electron chi connectivity index (χ4n) is 3.38. The smallest absolute Gasteiger partial charge is 0.311 e. The average molecular weight is 470 g/mol. The van der Waals surface area contributed by atoms with Gasteiger partial charge >= 0.3 is 11.9 Å². The first-order valence-electron chi connectivity index (χ1n) is 10.5. The predicted molar refractivity (Wildman–Crippen MR) is 123 cm³/mol. The summed E-state index contributed by atoms with van der Waals surface area (Å²) in [5.74, 6) is -1.86. The Labute approximate surface area is 196 Å². The number of halogens is 1. The van der Waals surface area contributed by atoms with Gasteiger partial charge in [-0.3, -0.25) is 14.4 Å². The third-order valence-electron chi connectivity index (χ3n) is 4.86. The molecule has 0 aliphatic carbocycles. The van der Waals surface area contributed by atoms with Crippen LogP contribution in [0.15, 0.2) is 65.1 Å². The maximum absolute atomic E-state index is 12.6. The number of furan rings is 1. The number of carbonyl (C=O) groups is 3. The second kappa shape index (κ2) is 11.3. The molecule has 2 aromatic carbocycles. The second-order valence-electron chi connectivity index (χ2n) is 7.43. The molecule has 33 heavy (non-hydrogen) atoms. The molecule has 0 spiro atoms. The minimum absolute atomic E-state index is 0.0156. The number of hydrogen-bond donors (Lipinski definition) is 2. The maximum Gasteiger partial charge on any atom is 0.311 e. The van der Waals surface area contributed by atoms with Crippen molar-refractivity contribution < 1.29 is 28.6 Å². The van der Waals surface area contributed by atoms with Crippen LogP contribution in [0.5, 0.6) is 0 Å². The van der Waals surface area contributed by atoms with Gasteiger partial charge in [-0.15, -0.1) is 0 Å². The molecule has 1 heterocycles. The van der Waals surface area contributed by atoms with Crippen molar-refractivity contribution in [2.24, 2.45) is 0 Å². The van der Waals surface area contributed by atoms with Crippen molar-refractivity contribution in [3.8, 4) is 11.1 Å². The monoisotopic (exact) mass is 469 g/mol. The Bertz CT molecular complexity index is 1120. The number of ether oxygens (including phenoxy) is 1. The van der Waals surface area contributed by atoms with Gasteiger partial charge < -0.3 is 19.6 Å². The molecule has 1 atom stereocenters. The van der Waals surface area contributed by atoms with Crippen LogP contribution in [0.1, 0.15) is 35.2 Å². The largest absolute Gasteiger partial charge is 0.481 e. The van der Waals surface area contributed by atoms with Gasteiger partial charge in [0.05, 0.1) is 13.0 Å². The molecule has 0 aliphatic rings. The summed E-state index contributed by atoms with van der Waals surface area (Å²) in [6, 6.07) is 17.6. The lowest BCUT2D eigenvalue weighted by Gasteiger charge is -2.18. The number of carboxylic acid groups (broad SMARTS) is 1. The number of amides is 1. The summed E-state index contributed by atoms with van der Waals surface area (Å²) in [5, 5.41) is 12.3. The minimum atomic E-state index is -1.06. The average Bonchev–Trinajstić information content (AvgIpc) is 3.22. The summed E-state index contributed by atoms with van der Waals surface area (Å²) < 4.78 is 10.4. The van der Waals surface area contributed by atoms with Crippen LogP contribution in [-0.4, -0.2) is 35.6 Å². The standard InChI is InChI=1S/C25H24ClNO6/c1-2-32-24(30)14-20(27-25(31)22-11-10-21(33-22)15-23(28)29)12-16-6-8-17(9-7-16)18-4-3-5-19(26)13-18/h3-11,13,20H,2,12,14-15H2,1H3,(H,27,31)(H,28,29). The van der Waals surface area contributed by atoms with E-state index < -0.39 is 23.9 Å². The third kappa shape index (κ3) is 7.22. The normalized spacial score (nSPS) is 11.6. The first-order chi connectivity index (χ1) is 15.8. The number of carboxylic acids is 1. The zero-order valence-corrected chi connectivity index (χ0v) is 18.8. The summed E-state index contributed by atoms with van der Waals surface area (Å²) in [7, 11) is 0. The van der Waals surface area contributed by atoms with E-state index in [0.717, 1.165) is 16.7 Å². The van der Waals surface area contributed by atoms with Crippen LogP contribution in [0.2, 0.25) is 5.02 Å². The highest BCUT2D eigenvalue weighted by Gasteiger charge is 2.21. The van der Waals surface area contributed by atoms with Crippen molar-refractivity contribution in [1.82, 2.24) is 5.32 Å². The van der Waals surface area contributed by atoms with Gasteiger partial charge in [-0.2, -0.15) is 0 Å². The number of benzene rings is 2. The summed E-state index contributed by atoms with van der Waals surface area (Å²) in [4.78, 5) is 35.5. The van der Waals surface area contributed by atoms with E-state index in [1.807, 2.05) is 48.5 Å².